The lowest BCUT2D eigenvalue weighted by Crippen LogP contribution is -3.00. The number of rotatable bonds is 4. The lowest BCUT2D eigenvalue weighted by atomic mass is 10.1. The Hall–Kier alpha value is -1.94. The second-order valence-corrected chi connectivity index (χ2v) is 11.7. The summed E-state index contributed by atoms with van der Waals surface area (Å²) in [6, 6.07) is 9.05. The summed E-state index contributed by atoms with van der Waals surface area (Å²) in [6.07, 6.45) is 2.16. The number of aryl methyl sites for hydroxylation is 2. The zero-order chi connectivity index (χ0) is 25.3. The third-order valence-electron chi connectivity index (χ3n) is 6.53. The maximum Gasteiger partial charge on any atom is 0.410 e. The fourth-order valence-electron chi connectivity index (χ4n) is 4.53. The number of amides is 1. The molecule has 1 saturated heterocycles. The van der Waals surface area contributed by atoms with E-state index in [1.807, 2.05) is 37.0 Å². The molecule has 0 aromatic heterocycles. The number of benzene rings is 2. The summed E-state index contributed by atoms with van der Waals surface area (Å²) in [7, 11) is 2.18. The zero-order valence-corrected chi connectivity index (χ0v) is 26.1. The van der Waals surface area contributed by atoms with E-state index in [0.29, 0.717) is 13.1 Å². The van der Waals surface area contributed by atoms with Crippen molar-refractivity contribution in [2.45, 2.75) is 60.0 Å². The SMILES string of the molecule is CCCCN(C)c1cc(C)c2nc3c(C)cc(=[N+]4CCN(C(=O)OC(C)(C)C)CC4)cc-3sc2c1.[IH2+]. The van der Waals surface area contributed by atoms with Gasteiger partial charge in [0.05, 0.1) is 33.9 Å². The molecule has 0 radical (unpaired) electrons. The summed E-state index contributed by atoms with van der Waals surface area (Å²) in [6.45, 7) is 16.2. The Balaban J connectivity index is 0.00000361. The molecule has 4 rings (SSSR count). The standard InChI is InChI=1S/C28H39N4O2S.H2I/c1-8-9-10-30(7)21-15-19(2)25-23(17-21)35-24-18-22(16-20(3)26(24)29-25)31-11-13-32(14-12-31)27(33)34-28(4,5)6;/h15-18H,8-14H2,1-7H3;1H2/q2*+1. The quantitative estimate of drug-likeness (QED) is 0.252. The fraction of sp³-hybridized carbons (Fsp3) is 0.536. The fourth-order valence-corrected chi connectivity index (χ4v) is 5.73. The van der Waals surface area contributed by atoms with E-state index >= 15 is 0 Å². The molecule has 6 nitrogen and oxygen atoms in total. The monoisotopic (exact) mass is 624 g/mol. The van der Waals surface area contributed by atoms with Gasteiger partial charge < -0.3 is 9.64 Å². The topological polar surface area (TPSA) is 48.7 Å². The van der Waals surface area contributed by atoms with Crippen LogP contribution in [-0.2, 0) is 4.74 Å². The third-order valence-corrected chi connectivity index (χ3v) is 7.59. The second-order valence-electron chi connectivity index (χ2n) is 10.7. The minimum Gasteiger partial charge on any atom is -0.444 e. The van der Waals surface area contributed by atoms with E-state index in [4.69, 9.17) is 9.72 Å². The number of carbonyl (C=O) groups excluding carboxylic acids is 1. The van der Waals surface area contributed by atoms with Crippen LogP contribution in [-0.4, -0.2) is 61.3 Å². The smallest absolute Gasteiger partial charge is 0.410 e. The van der Waals surface area contributed by atoms with Crippen molar-refractivity contribution in [1.29, 1.82) is 0 Å². The largest absolute Gasteiger partial charge is 0.444 e. The minimum atomic E-state index is -0.468. The van der Waals surface area contributed by atoms with Crippen molar-refractivity contribution in [2.24, 2.45) is 0 Å². The van der Waals surface area contributed by atoms with Gasteiger partial charge in [0.25, 0.3) is 0 Å². The van der Waals surface area contributed by atoms with Crippen LogP contribution in [0.2, 0.25) is 0 Å². The number of anilines is 1. The zero-order valence-electron chi connectivity index (χ0n) is 22.7. The summed E-state index contributed by atoms with van der Waals surface area (Å²) in [5.74, 6) is 0. The number of halogens is 1. The highest BCUT2D eigenvalue weighted by Gasteiger charge is 2.28. The number of hydrogen-bond donors (Lipinski definition) is 0. The first-order chi connectivity index (χ1) is 16.6. The lowest BCUT2D eigenvalue weighted by Gasteiger charge is -2.28. The van der Waals surface area contributed by atoms with Crippen LogP contribution in [0.1, 0.15) is 51.7 Å². The van der Waals surface area contributed by atoms with Crippen molar-refractivity contribution >= 4 is 33.3 Å². The van der Waals surface area contributed by atoms with Crippen molar-refractivity contribution in [3.63, 3.8) is 0 Å². The first-order valence-corrected chi connectivity index (χ1v) is 13.5. The number of hydrogen-bond acceptors (Lipinski definition) is 5. The Labute approximate surface area is 236 Å². The van der Waals surface area contributed by atoms with Crippen LogP contribution < -0.4 is 38.8 Å². The average molecular weight is 625 g/mol. The van der Waals surface area contributed by atoms with E-state index in [0.717, 1.165) is 30.8 Å². The second kappa shape index (κ2) is 11.6. The number of nitrogens with zero attached hydrogens (tertiary/aromatic N) is 4. The maximum atomic E-state index is 12.4. The van der Waals surface area contributed by atoms with E-state index < -0.39 is 5.60 Å². The molecule has 36 heavy (non-hydrogen) atoms. The van der Waals surface area contributed by atoms with Gasteiger partial charge in [0.2, 0.25) is 29.3 Å². The molecule has 1 aromatic carbocycles. The molecule has 1 amide bonds. The summed E-state index contributed by atoms with van der Waals surface area (Å²) >= 11 is 1.82. The van der Waals surface area contributed by atoms with E-state index in [1.165, 1.54) is 44.6 Å². The molecule has 0 saturated carbocycles. The number of piperazine rings is 1. The molecule has 3 aliphatic rings. The molecule has 2 aliphatic heterocycles. The molecule has 0 bridgehead atoms. The van der Waals surface area contributed by atoms with Crippen molar-refractivity contribution in [3.05, 3.63) is 40.7 Å². The summed E-state index contributed by atoms with van der Waals surface area (Å²) in [4.78, 5) is 22.9. The van der Waals surface area contributed by atoms with Crippen molar-refractivity contribution < 1.29 is 33.5 Å². The molecule has 2 heterocycles. The Kier molecular flexibility index (Phi) is 9.25. The van der Waals surface area contributed by atoms with Crippen molar-refractivity contribution in [2.75, 3.05) is 44.7 Å². The van der Waals surface area contributed by atoms with Gasteiger partial charge >= 0.3 is 6.09 Å². The minimum absolute atomic E-state index is 0. The molecule has 196 valence electrons. The van der Waals surface area contributed by atoms with E-state index in [2.05, 4.69) is 61.6 Å². The number of aromatic nitrogens is 1. The van der Waals surface area contributed by atoms with Crippen LogP contribution in [0.15, 0.2) is 24.3 Å². The van der Waals surface area contributed by atoms with Gasteiger partial charge in [-0.3, -0.25) is 4.90 Å². The summed E-state index contributed by atoms with van der Waals surface area (Å²) in [5.41, 5.74) is 5.37. The first kappa shape index (κ1) is 28.6. The number of ether oxygens (including phenoxy) is 1. The van der Waals surface area contributed by atoms with Gasteiger partial charge in [0.15, 0.2) is 13.1 Å². The van der Waals surface area contributed by atoms with E-state index in [9.17, 15) is 4.79 Å². The predicted molar refractivity (Wildman–Crippen MR) is 149 cm³/mol. The van der Waals surface area contributed by atoms with E-state index in [1.54, 1.807) is 0 Å². The van der Waals surface area contributed by atoms with Gasteiger partial charge in [-0.2, -0.15) is 0 Å². The molecular formula is C28H41IN4O2S+2. The highest BCUT2D eigenvalue weighted by molar-refractivity contribution is 7.21. The molecule has 0 spiro atoms. The highest BCUT2D eigenvalue weighted by atomic mass is 127. The Morgan fingerprint density at radius 1 is 1.14 bits per heavy atom. The van der Waals surface area contributed by atoms with Crippen LogP contribution in [0, 0.1) is 13.8 Å². The van der Waals surface area contributed by atoms with Crippen LogP contribution in [0.5, 0.6) is 0 Å². The van der Waals surface area contributed by atoms with Gasteiger partial charge in [-0.25, -0.2) is 14.4 Å². The number of fused-ring (bicyclic) bond motifs is 2. The van der Waals surface area contributed by atoms with Crippen LogP contribution in [0.3, 0.4) is 0 Å². The molecule has 1 fully saturated rings. The van der Waals surface area contributed by atoms with Crippen molar-refractivity contribution in [1.82, 2.24) is 14.5 Å². The average Bonchev–Trinajstić information content (AvgIpc) is 2.80. The van der Waals surface area contributed by atoms with E-state index in [-0.39, 0.29) is 30.1 Å². The number of carbonyl (C=O) groups is 1. The first-order valence-electron chi connectivity index (χ1n) is 12.7. The predicted octanol–water partition coefficient (Wildman–Crippen LogP) is 1.75. The molecule has 0 N–H and O–H groups in total. The Morgan fingerprint density at radius 2 is 1.83 bits per heavy atom. The van der Waals surface area contributed by atoms with Gasteiger partial charge in [-0.1, -0.05) is 13.3 Å². The summed E-state index contributed by atoms with van der Waals surface area (Å²) in [5, 5.41) is 1.20. The van der Waals surface area contributed by atoms with Crippen LogP contribution in [0.4, 0.5) is 10.5 Å². The molecule has 1 aromatic rings. The molecule has 8 heteroatoms. The Bertz CT molecular complexity index is 1270. The van der Waals surface area contributed by atoms with Gasteiger partial charge in [-0.05, 0) is 64.3 Å². The number of unbranched alkanes of at least 4 members (excludes halogenated alkanes) is 1. The molecular weight excluding hydrogens is 583 g/mol. The van der Waals surface area contributed by atoms with Crippen LogP contribution >= 0.6 is 11.3 Å². The normalized spacial score (nSPS) is 14.2. The van der Waals surface area contributed by atoms with Crippen LogP contribution in [0.25, 0.3) is 20.8 Å². The van der Waals surface area contributed by atoms with Gasteiger partial charge in [-0.15, -0.1) is 11.3 Å². The molecule has 1 aliphatic carbocycles. The van der Waals surface area contributed by atoms with Gasteiger partial charge in [0.1, 0.15) is 5.60 Å². The summed E-state index contributed by atoms with van der Waals surface area (Å²) < 4.78 is 9.14. The molecule has 0 atom stereocenters. The third kappa shape index (κ3) is 6.49. The van der Waals surface area contributed by atoms with Crippen molar-refractivity contribution in [3.8, 4) is 10.6 Å². The lowest BCUT2D eigenvalue weighted by molar-refractivity contribution is -0.0000538. The van der Waals surface area contributed by atoms with Gasteiger partial charge in [0, 0.05) is 31.4 Å². The molecule has 0 unspecified atom stereocenters. The highest BCUT2D eigenvalue weighted by Crippen LogP contribution is 2.35. The Morgan fingerprint density at radius 3 is 2.47 bits per heavy atom. The maximum absolute atomic E-state index is 12.4.